The Kier molecular flexibility index (Phi) is 18.4. The van der Waals surface area contributed by atoms with E-state index in [0.717, 1.165) is 48.2 Å². The molecule has 14 nitrogen and oxygen atoms in total. The summed E-state index contributed by atoms with van der Waals surface area (Å²) < 4.78 is 11.1. The van der Waals surface area contributed by atoms with Crippen molar-refractivity contribution in [3.05, 3.63) is 136 Å². The maximum absolute atomic E-state index is 13.1. The molecule has 4 aromatic rings. The number of pyridine rings is 2. The number of benzene rings is 2. The molecule has 0 bridgehead atoms. The van der Waals surface area contributed by atoms with Crippen LogP contribution in [0.2, 0.25) is 0 Å². The molecule has 5 rings (SSSR count). The fraction of sp³-hybridized carbons (Fsp3) is 0.391. The largest absolute Gasteiger partial charge is 0.477 e. The number of thiocarbonyl (C=S) groups is 1. The number of nitrogens with zero attached hydrogens (tertiary/aromatic N) is 5. The Morgan fingerprint density at radius 2 is 1.67 bits per heavy atom. The highest BCUT2D eigenvalue weighted by molar-refractivity contribution is 7.78. The molecule has 322 valence electrons. The number of ether oxygens (including phenoxy) is 2. The number of methoxy groups -OCH3 is 1. The van der Waals surface area contributed by atoms with Gasteiger partial charge in [-0.1, -0.05) is 48.0 Å². The quantitative estimate of drug-likeness (QED) is 0.0213. The number of carboxylic acids is 1. The molecule has 0 aliphatic heterocycles. The number of carboxylic acid groups (broad SMARTS) is 1. The van der Waals surface area contributed by atoms with Crippen LogP contribution in [0.15, 0.2) is 95.5 Å². The molecule has 61 heavy (non-hydrogen) atoms. The van der Waals surface area contributed by atoms with Crippen LogP contribution in [-0.4, -0.2) is 124 Å². The Balaban J connectivity index is 1.15. The number of aromatic carboxylic acids is 1. The summed E-state index contributed by atoms with van der Waals surface area (Å²) in [5.74, 6) is -1.41. The Morgan fingerprint density at radius 1 is 0.918 bits per heavy atom. The molecular weight excluding hydrogens is 797 g/mol. The normalized spacial score (nSPS) is 13.9. The number of aryl methyl sites for hydroxylation is 1. The van der Waals surface area contributed by atoms with Crippen molar-refractivity contribution in [1.29, 1.82) is 0 Å². The summed E-state index contributed by atoms with van der Waals surface area (Å²) in [4.78, 5) is 54.1. The minimum Gasteiger partial charge on any atom is -0.477 e. The summed E-state index contributed by atoms with van der Waals surface area (Å²) in [6, 6.07) is 22.8. The molecule has 1 aliphatic rings. The maximum atomic E-state index is 13.1. The molecular formula is C46H54N6O8S. The molecule has 2 heterocycles. The van der Waals surface area contributed by atoms with E-state index in [0.29, 0.717) is 75.2 Å². The molecule has 0 radical (unpaired) electrons. The first kappa shape index (κ1) is 46.6. The summed E-state index contributed by atoms with van der Waals surface area (Å²) in [6.45, 7) is 5.62. The minimum absolute atomic E-state index is 0.00343. The van der Waals surface area contributed by atoms with Gasteiger partial charge in [0.05, 0.1) is 61.8 Å². The number of esters is 1. The topological polar surface area (TPSA) is 187 Å². The van der Waals surface area contributed by atoms with E-state index in [-0.39, 0.29) is 30.5 Å². The fourth-order valence-electron chi connectivity index (χ4n) is 7.23. The average molecular weight is 851 g/mol. The zero-order chi connectivity index (χ0) is 43.6. The Bertz CT molecular complexity index is 2160. The second-order valence-corrected chi connectivity index (χ2v) is 15.0. The van der Waals surface area contributed by atoms with Gasteiger partial charge in [0, 0.05) is 38.3 Å². The number of carbonyl (C=O) groups excluding carboxylic acids is 2. The predicted molar refractivity (Wildman–Crippen MR) is 234 cm³/mol. The van der Waals surface area contributed by atoms with Crippen LogP contribution in [0, 0.1) is 12.8 Å². The molecule has 0 spiro atoms. The molecule has 0 saturated heterocycles. The van der Waals surface area contributed by atoms with Gasteiger partial charge in [0.1, 0.15) is 11.4 Å². The number of amides is 1. The van der Waals surface area contributed by atoms with Crippen LogP contribution in [0.25, 0.3) is 0 Å². The lowest BCUT2D eigenvalue weighted by Crippen LogP contribution is -2.36. The van der Waals surface area contributed by atoms with E-state index in [1.807, 2.05) is 54.3 Å². The van der Waals surface area contributed by atoms with Gasteiger partial charge in [-0.05, 0) is 116 Å². The number of aliphatic imine (C=N–C) groups is 1. The summed E-state index contributed by atoms with van der Waals surface area (Å²) in [7, 11) is 1.31. The molecule has 0 fully saturated rings. The fourth-order valence-corrected chi connectivity index (χ4v) is 7.34. The van der Waals surface area contributed by atoms with Crippen molar-refractivity contribution in [1.82, 2.24) is 25.1 Å². The van der Waals surface area contributed by atoms with Crippen LogP contribution in [0.4, 0.5) is 5.69 Å². The number of aliphatic hydroxyl groups is 2. The van der Waals surface area contributed by atoms with Gasteiger partial charge in [-0.3, -0.25) is 14.6 Å². The Morgan fingerprint density at radius 3 is 2.36 bits per heavy atom. The first-order valence-electron chi connectivity index (χ1n) is 20.4. The predicted octanol–water partition coefficient (Wildman–Crippen LogP) is 5.60. The number of carbonyl (C=O) groups is 3. The van der Waals surface area contributed by atoms with E-state index in [9.17, 15) is 29.7 Å². The number of nitrogens with one attached hydrogen (secondary N) is 1. The molecule has 15 heteroatoms. The number of allylic oxidation sites excluding steroid dienone is 1. The molecule has 2 atom stereocenters. The number of aromatic nitrogens is 2. The molecule has 1 amide bonds. The number of hydrogen-bond donors (Lipinski definition) is 4. The highest BCUT2D eigenvalue weighted by Crippen LogP contribution is 2.32. The van der Waals surface area contributed by atoms with Crippen LogP contribution in [0.3, 0.4) is 0 Å². The summed E-state index contributed by atoms with van der Waals surface area (Å²) in [5, 5.41) is 34.5. The third-order valence-corrected chi connectivity index (χ3v) is 10.7. The van der Waals surface area contributed by atoms with E-state index >= 15 is 0 Å². The smallest absolute Gasteiger partial charge is 0.356 e. The standard InChI is InChI=1S/C46H54N6O8S/c1-32-6-15-40(45(56)57)50-42(32)30-51(21-24-53)20-17-34-28-35(29-34)18-26-60-27-23-52(22-25-54)43(39-4-3-5-41(49-39)46(58)59-2)36-9-11-37(12-10-36)44(55)47-19-16-33-7-13-38(14-8-33)48-31-61/h3-15,28,34,43,53-54H,16-27,29-30H2,1-2H3,(H,47,55)(H,56,57). The van der Waals surface area contributed by atoms with Crippen LogP contribution in [0.5, 0.6) is 0 Å². The third-order valence-electron chi connectivity index (χ3n) is 10.6. The van der Waals surface area contributed by atoms with Crippen molar-refractivity contribution < 1.29 is 39.2 Å². The second kappa shape index (κ2) is 24.1. The Labute approximate surface area is 362 Å². The van der Waals surface area contributed by atoms with E-state index in [1.54, 1.807) is 30.3 Å². The maximum Gasteiger partial charge on any atom is 0.356 e. The van der Waals surface area contributed by atoms with E-state index in [4.69, 9.17) is 9.47 Å². The number of hydrogen-bond acceptors (Lipinski definition) is 13. The van der Waals surface area contributed by atoms with Gasteiger partial charge in [-0.25, -0.2) is 19.6 Å². The van der Waals surface area contributed by atoms with Crippen molar-refractivity contribution in [2.45, 2.75) is 45.2 Å². The SMILES string of the molecule is COC(=O)c1cccc(C(c2ccc(C(=O)NCCc3ccc(N=C=S)cc3)cc2)N(CCO)CCOCCC2=CC(CCN(CCO)Cc3nc(C(=O)O)ccc3C)C2)n1. The van der Waals surface area contributed by atoms with Gasteiger partial charge in [0.25, 0.3) is 5.91 Å². The van der Waals surface area contributed by atoms with Crippen molar-refractivity contribution in [2.24, 2.45) is 10.9 Å². The summed E-state index contributed by atoms with van der Waals surface area (Å²) in [5.41, 5.74) is 6.79. The van der Waals surface area contributed by atoms with Crippen molar-refractivity contribution >= 4 is 40.9 Å². The number of rotatable bonds is 25. The highest BCUT2D eigenvalue weighted by Gasteiger charge is 2.26. The lowest BCUT2D eigenvalue weighted by atomic mass is 9.82. The highest BCUT2D eigenvalue weighted by atomic mass is 32.1. The second-order valence-electron chi connectivity index (χ2n) is 14.8. The lowest BCUT2D eigenvalue weighted by molar-refractivity contribution is 0.0590. The van der Waals surface area contributed by atoms with Crippen LogP contribution in [0.1, 0.15) is 84.7 Å². The Hall–Kier alpha value is -5.51. The number of aliphatic hydroxyl groups excluding tert-OH is 2. The molecule has 4 N–H and O–H groups in total. The molecule has 1 aliphatic carbocycles. The summed E-state index contributed by atoms with van der Waals surface area (Å²) >= 11 is 4.66. The average Bonchev–Trinajstić information content (AvgIpc) is 3.25. The van der Waals surface area contributed by atoms with Crippen molar-refractivity contribution in [3.63, 3.8) is 0 Å². The minimum atomic E-state index is -1.06. The molecule has 2 unspecified atom stereocenters. The lowest BCUT2D eigenvalue weighted by Gasteiger charge is -2.32. The molecule has 2 aromatic heterocycles. The van der Waals surface area contributed by atoms with Gasteiger partial charge in [0.15, 0.2) is 0 Å². The molecule has 0 saturated carbocycles. The van der Waals surface area contributed by atoms with E-state index < -0.39 is 18.0 Å². The number of isothiocyanates is 1. The van der Waals surface area contributed by atoms with Crippen LogP contribution >= 0.6 is 12.2 Å². The first-order chi connectivity index (χ1) is 29.6. The third kappa shape index (κ3) is 14.0. The van der Waals surface area contributed by atoms with Gasteiger partial charge < -0.3 is 30.1 Å². The first-order valence-corrected chi connectivity index (χ1v) is 20.8. The molecule has 2 aromatic carbocycles. The summed E-state index contributed by atoms with van der Waals surface area (Å²) in [6.07, 6.45) is 5.61. The zero-order valence-electron chi connectivity index (χ0n) is 34.7. The zero-order valence-corrected chi connectivity index (χ0v) is 35.5. The van der Waals surface area contributed by atoms with Gasteiger partial charge in [-0.2, -0.15) is 4.99 Å². The van der Waals surface area contributed by atoms with Crippen molar-refractivity contribution in [2.75, 3.05) is 66.3 Å². The van der Waals surface area contributed by atoms with E-state index in [2.05, 4.69) is 48.6 Å². The van der Waals surface area contributed by atoms with Crippen molar-refractivity contribution in [3.8, 4) is 0 Å². The van der Waals surface area contributed by atoms with Gasteiger partial charge in [-0.15, -0.1) is 0 Å². The van der Waals surface area contributed by atoms with E-state index in [1.165, 1.54) is 18.7 Å². The monoisotopic (exact) mass is 850 g/mol. The van der Waals surface area contributed by atoms with Crippen LogP contribution < -0.4 is 5.32 Å². The van der Waals surface area contributed by atoms with Gasteiger partial charge in [0.2, 0.25) is 0 Å². The van der Waals surface area contributed by atoms with Gasteiger partial charge >= 0.3 is 11.9 Å². The van der Waals surface area contributed by atoms with Crippen LogP contribution in [-0.2, 0) is 22.4 Å².